The largest absolute Gasteiger partial charge is 0.351 e. The third-order valence-corrected chi connectivity index (χ3v) is 3.00. The summed E-state index contributed by atoms with van der Waals surface area (Å²) in [5.74, 6) is -0.223. The monoisotopic (exact) mass is 314 g/mol. The summed E-state index contributed by atoms with van der Waals surface area (Å²) in [6.45, 7) is 7.00. The van der Waals surface area contributed by atoms with Crippen molar-refractivity contribution in [2.75, 3.05) is 6.54 Å². The van der Waals surface area contributed by atoms with Gasteiger partial charge < -0.3 is 10.3 Å². The Kier molecular flexibility index (Phi) is 5.14. The fourth-order valence-electron chi connectivity index (χ4n) is 1.63. The Hall–Kier alpha value is -1.10. The predicted octanol–water partition coefficient (Wildman–Crippen LogP) is 2.30. The first kappa shape index (κ1) is 15.0. The molecule has 18 heavy (non-hydrogen) atoms. The van der Waals surface area contributed by atoms with Gasteiger partial charge in [-0.3, -0.25) is 9.59 Å². The molecule has 0 radical (unpaired) electrons. The SMILES string of the molecule is CC(C)(C)CC(Br)CNC(=O)c1cc[nH]c(=O)c1. The van der Waals surface area contributed by atoms with Gasteiger partial charge in [-0.1, -0.05) is 36.7 Å². The summed E-state index contributed by atoms with van der Waals surface area (Å²) in [5.41, 5.74) is 0.324. The average molecular weight is 315 g/mol. The van der Waals surface area contributed by atoms with E-state index in [1.54, 1.807) is 6.07 Å². The Morgan fingerprint density at radius 1 is 1.50 bits per heavy atom. The second kappa shape index (κ2) is 6.18. The summed E-state index contributed by atoms with van der Waals surface area (Å²) >= 11 is 3.55. The molecule has 100 valence electrons. The van der Waals surface area contributed by atoms with E-state index in [4.69, 9.17) is 0 Å². The molecule has 0 aromatic carbocycles. The summed E-state index contributed by atoms with van der Waals surface area (Å²) in [6, 6.07) is 2.88. The number of carbonyl (C=O) groups is 1. The molecule has 0 fully saturated rings. The molecule has 0 spiro atoms. The number of halogens is 1. The Balaban J connectivity index is 2.49. The van der Waals surface area contributed by atoms with Gasteiger partial charge in [-0.25, -0.2) is 0 Å². The fourth-order valence-corrected chi connectivity index (χ4v) is 2.76. The van der Waals surface area contributed by atoms with E-state index in [9.17, 15) is 9.59 Å². The molecule has 1 atom stereocenters. The van der Waals surface area contributed by atoms with Gasteiger partial charge in [-0.05, 0) is 17.9 Å². The predicted molar refractivity (Wildman–Crippen MR) is 76.2 cm³/mol. The number of aromatic nitrogens is 1. The number of alkyl halides is 1. The Morgan fingerprint density at radius 2 is 2.17 bits per heavy atom. The van der Waals surface area contributed by atoms with Crippen molar-refractivity contribution < 1.29 is 4.79 Å². The van der Waals surface area contributed by atoms with E-state index >= 15 is 0 Å². The van der Waals surface area contributed by atoms with Gasteiger partial charge in [0.1, 0.15) is 0 Å². The smallest absolute Gasteiger partial charge is 0.251 e. The third kappa shape index (κ3) is 5.49. The van der Waals surface area contributed by atoms with Crippen LogP contribution in [0.4, 0.5) is 0 Å². The van der Waals surface area contributed by atoms with E-state index in [0.29, 0.717) is 12.1 Å². The number of hydrogen-bond donors (Lipinski definition) is 2. The number of nitrogens with one attached hydrogen (secondary N) is 2. The second-order valence-corrected chi connectivity index (χ2v) is 6.81. The van der Waals surface area contributed by atoms with Crippen LogP contribution in [-0.4, -0.2) is 22.3 Å². The number of aromatic amines is 1. The van der Waals surface area contributed by atoms with Crippen molar-refractivity contribution in [1.82, 2.24) is 10.3 Å². The standard InChI is InChI=1S/C13H19BrN2O2/c1-13(2,3)7-10(14)8-16-12(18)9-4-5-15-11(17)6-9/h4-6,10H,7-8H2,1-3H3,(H,15,17)(H,16,18). The molecule has 1 aromatic heterocycles. The van der Waals surface area contributed by atoms with Crippen molar-refractivity contribution in [3.8, 4) is 0 Å². The van der Waals surface area contributed by atoms with E-state index in [-0.39, 0.29) is 21.7 Å². The number of rotatable bonds is 4. The molecule has 1 heterocycles. The summed E-state index contributed by atoms with van der Waals surface area (Å²) in [4.78, 5) is 25.6. The van der Waals surface area contributed by atoms with Crippen molar-refractivity contribution in [3.63, 3.8) is 0 Å². The summed E-state index contributed by atoms with van der Waals surface area (Å²) < 4.78 is 0. The van der Waals surface area contributed by atoms with Crippen LogP contribution < -0.4 is 10.9 Å². The number of H-pyrrole nitrogens is 1. The minimum Gasteiger partial charge on any atom is -0.351 e. The maximum atomic E-state index is 11.8. The zero-order valence-electron chi connectivity index (χ0n) is 10.9. The first-order chi connectivity index (χ1) is 8.28. The lowest BCUT2D eigenvalue weighted by molar-refractivity contribution is 0.0952. The minimum absolute atomic E-state index is 0.211. The number of pyridine rings is 1. The van der Waals surface area contributed by atoms with Crippen LogP contribution in [0.3, 0.4) is 0 Å². The van der Waals surface area contributed by atoms with Crippen molar-refractivity contribution in [2.24, 2.45) is 5.41 Å². The molecule has 0 saturated carbocycles. The van der Waals surface area contributed by atoms with Gasteiger partial charge in [0.05, 0.1) is 0 Å². The van der Waals surface area contributed by atoms with Crippen LogP contribution in [0.1, 0.15) is 37.6 Å². The van der Waals surface area contributed by atoms with Gasteiger partial charge in [-0.2, -0.15) is 0 Å². The highest BCUT2D eigenvalue weighted by Gasteiger charge is 2.17. The summed E-state index contributed by atoms with van der Waals surface area (Å²) in [6.07, 6.45) is 2.43. The van der Waals surface area contributed by atoms with E-state index in [1.165, 1.54) is 12.3 Å². The number of hydrogen-bond acceptors (Lipinski definition) is 2. The lowest BCUT2D eigenvalue weighted by atomic mass is 9.90. The molecule has 1 rings (SSSR count). The van der Waals surface area contributed by atoms with E-state index in [2.05, 4.69) is 47.0 Å². The highest BCUT2D eigenvalue weighted by atomic mass is 79.9. The molecule has 1 amide bonds. The molecule has 0 aliphatic rings. The molecule has 2 N–H and O–H groups in total. The van der Waals surface area contributed by atoms with Crippen LogP contribution in [0.25, 0.3) is 0 Å². The van der Waals surface area contributed by atoms with Crippen molar-refractivity contribution in [3.05, 3.63) is 34.2 Å². The summed E-state index contributed by atoms with van der Waals surface area (Å²) in [7, 11) is 0. The molecule has 4 nitrogen and oxygen atoms in total. The van der Waals surface area contributed by atoms with Crippen molar-refractivity contribution in [1.29, 1.82) is 0 Å². The van der Waals surface area contributed by atoms with Crippen molar-refractivity contribution in [2.45, 2.75) is 32.0 Å². The number of amides is 1. The highest BCUT2D eigenvalue weighted by molar-refractivity contribution is 9.09. The van der Waals surface area contributed by atoms with Crippen LogP contribution in [0, 0.1) is 5.41 Å². The molecular weight excluding hydrogens is 296 g/mol. The van der Waals surface area contributed by atoms with E-state index in [0.717, 1.165) is 6.42 Å². The maximum Gasteiger partial charge on any atom is 0.251 e. The average Bonchev–Trinajstić information content (AvgIpc) is 2.23. The Labute approximate surface area is 115 Å². The van der Waals surface area contributed by atoms with Crippen LogP contribution in [-0.2, 0) is 0 Å². The van der Waals surface area contributed by atoms with Gasteiger partial charge in [0.2, 0.25) is 5.56 Å². The molecule has 0 aliphatic carbocycles. The highest BCUT2D eigenvalue weighted by Crippen LogP contribution is 2.24. The topological polar surface area (TPSA) is 62.0 Å². The van der Waals surface area contributed by atoms with E-state index in [1.807, 2.05) is 0 Å². The molecule has 0 saturated heterocycles. The van der Waals surface area contributed by atoms with Gasteiger partial charge in [-0.15, -0.1) is 0 Å². The molecule has 5 heteroatoms. The third-order valence-electron chi connectivity index (χ3n) is 2.36. The zero-order valence-corrected chi connectivity index (χ0v) is 12.5. The van der Waals surface area contributed by atoms with E-state index < -0.39 is 0 Å². The minimum atomic E-state index is -0.271. The first-order valence-corrected chi connectivity index (χ1v) is 6.80. The van der Waals surface area contributed by atoms with Crippen LogP contribution >= 0.6 is 15.9 Å². The van der Waals surface area contributed by atoms with Crippen LogP contribution in [0.15, 0.2) is 23.1 Å². The molecule has 0 bridgehead atoms. The molecule has 1 unspecified atom stereocenters. The molecular formula is C13H19BrN2O2. The normalized spacial score (nSPS) is 13.1. The Morgan fingerprint density at radius 3 is 2.72 bits per heavy atom. The molecule has 0 aliphatic heterocycles. The van der Waals surface area contributed by atoms with Gasteiger partial charge in [0.25, 0.3) is 5.91 Å². The molecule has 1 aromatic rings. The maximum absolute atomic E-state index is 11.8. The Bertz CT molecular complexity index is 463. The number of carbonyl (C=O) groups excluding carboxylic acids is 1. The van der Waals surface area contributed by atoms with Crippen LogP contribution in [0.2, 0.25) is 0 Å². The van der Waals surface area contributed by atoms with Crippen LogP contribution in [0.5, 0.6) is 0 Å². The second-order valence-electron chi connectivity index (χ2n) is 5.51. The fraction of sp³-hybridized carbons (Fsp3) is 0.538. The zero-order chi connectivity index (χ0) is 13.8. The quantitative estimate of drug-likeness (QED) is 0.838. The van der Waals surface area contributed by atoms with Gasteiger partial charge in [0.15, 0.2) is 0 Å². The lowest BCUT2D eigenvalue weighted by Crippen LogP contribution is -2.31. The van der Waals surface area contributed by atoms with Gasteiger partial charge in [0, 0.05) is 29.2 Å². The lowest BCUT2D eigenvalue weighted by Gasteiger charge is -2.22. The first-order valence-electron chi connectivity index (χ1n) is 5.89. The van der Waals surface area contributed by atoms with Crippen molar-refractivity contribution >= 4 is 21.8 Å². The van der Waals surface area contributed by atoms with Gasteiger partial charge >= 0.3 is 0 Å². The summed E-state index contributed by atoms with van der Waals surface area (Å²) in [5, 5.41) is 2.81.